The Morgan fingerprint density at radius 1 is 1.14 bits per heavy atom. The molecule has 0 N–H and O–H groups in total. The average molecular weight is 194 g/mol. The zero-order valence-electron chi connectivity index (χ0n) is 9.33. The number of hydrogen-bond acceptors (Lipinski definition) is 2. The fraction of sp³-hybridized carbons (Fsp3) is 0.500. The number of hydrogen-bond donors (Lipinski definition) is 0. The van der Waals surface area contributed by atoms with Crippen molar-refractivity contribution in [2.45, 2.75) is 26.4 Å². The molecule has 0 fully saturated rings. The number of rotatable bonds is 4. The van der Waals surface area contributed by atoms with Crippen LogP contribution < -0.4 is 4.74 Å². The molecule has 0 heterocycles. The van der Waals surface area contributed by atoms with Gasteiger partial charge < -0.3 is 9.47 Å². The second-order valence-electron chi connectivity index (χ2n) is 3.67. The predicted octanol–water partition coefficient (Wildman–Crippen LogP) is 2.97. The molecule has 0 aliphatic rings. The van der Waals surface area contributed by atoms with Gasteiger partial charge in [0.25, 0.3) is 0 Å². The molecule has 0 aliphatic carbocycles. The van der Waals surface area contributed by atoms with Crippen molar-refractivity contribution >= 4 is 0 Å². The first-order valence-electron chi connectivity index (χ1n) is 4.88. The lowest BCUT2D eigenvalue weighted by Crippen LogP contribution is -2.19. The van der Waals surface area contributed by atoms with Crippen molar-refractivity contribution in [3.63, 3.8) is 0 Å². The fourth-order valence-corrected chi connectivity index (χ4v) is 1.24. The summed E-state index contributed by atoms with van der Waals surface area (Å²) < 4.78 is 10.7. The Balaban J connectivity index is 2.82. The van der Waals surface area contributed by atoms with E-state index in [0.717, 1.165) is 11.3 Å². The maximum absolute atomic E-state index is 5.38. The fourth-order valence-electron chi connectivity index (χ4n) is 1.24. The minimum Gasteiger partial charge on any atom is -0.494 e. The normalized spacial score (nSPS) is 11.4. The third-order valence-corrected chi connectivity index (χ3v) is 2.37. The first-order valence-corrected chi connectivity index (χ1v) is 4.88. The number of ether oxygens (including phenoxy) is 2. The maximum Gasteiger partial charge on any atom is 0.119 e. The van der Waals surface area contributed by atoms with Gasteiger partial charge in [-0.15, -0.1) is 0 Å². The molecular formula is C12H18O2. The largest absolute Gasteiger partial charge is 0.494 e. The van der Waals surface area contributed by atoms with Crippen LogP contribution in [0.15, 0.2) is 24.3 Å². The molecule has 0 aromatic heterocycles. The second-order valence-corrected chi connectivity index (χ2v) is 3.67. The van der Waals surface area contributed by atoms with Crippen molar-refractivity contribution < 1.29 is 9.47 Å². The molecule has 0 spiro atoms. The van der Waals surface area contributed by atoms with E-state index in [-0.39, 0.29) is 5.60 Å². The Bertz CT molecular complexity index is 275. The molecule has 1 aromatic carbocycles. The molecule has 2 nitrogen and oxygen atoms in total. The van der Waals surface area contributed by atoms with Crippen LogP contribution in [0.3, 0.4) is 0 Å². The Morgan fingerprint density at radius 3 is 2.14 bits per heavy atom. The van der Waals surface area contributed by atoms with Gasteiger partial charge in [0.1, 0.15) is 5.75 Å². The molecule has 0 atom stereocenters. The summed E-state index contributed by atoms with van der Waals surface area (Å²) in [6, 6.07) is 8.02. The molecule has 0 saturated carbocycles. The van der Waals surface area contributed by atoms with Crippen molar-refractivity contribution in [3.05, 3.63) is 29.8 Å². The Hall–Kier alpha value is -1.02. The molecule has 0 bridgehead atoms. The van der Waals surface area contributed by atoms with Gasteiger partial charge in [-0.3, -0.25) is 0 Å². The van der Waals surface area contributed by atoms with Crippen molar-refractivity contribution in [3.8, 4) is 5.75 Å². The topological polar surface area (TPSA) is 18.5 Å². The van der Waals surface area contributed by atoms with Crippen LogP contribution in [-0.2, 0) is 10.3 Å². The number of methoxy groups -OCH3 is 1. The van der Waals surface area contributed by atoms with E-state index >= 15 is 0 Å². The van der Waals surface area contributed by atoms with Gasteiger partial charge in [-0.2, -0.15) is 0 Å². The lowest BCUT2D eigenvalue weighted by molar-refractivity contribution is 0.0192. The Morgan fingerprint density at radius 2 is 1.71 bits per heavy atom. The van der Waals surface area contributed by atoms with E-state index in [2.05, 4.69) is 0 Å². The molecule has 1 rings (SSSR count). The summed E-state index contributed by atoms with van der Waals surface area (Å²) in [4.78, 5) is 0. The quantitative estimate of drug-likeness (QED) is 0.733. The second kappa shape index (κ2) is 4.47. The molecule has 0 saturated heterocycles. The zero-order chi connectivity index (χ0) is 10.6. The summed E-state index contributed by atoms with van der Waals surface area (Å²) in [7, 11) is 1.72. The molecule has 0 aliphatic heterocycles. The van der Waals surface area contributed by atoms with Gasteiger partial charge in [-0.25, -0.2) is 0 Å². The highest BCUT2D eigenvalue weighted by molar-refractivity contribution is 5.30. The van der Waals surface area contributed by atoms with Crippen LogP contribution in [0.25, 0.3) is 0 Å². The molecule has 1 aromatic rings. The molecule has 0 radical (unpaired) electrons. The van der Waals surface area contributed by atoms with E-state index in [1.54, 1.807) is 7.11 Å². The molecule has 14 heavy (non-hydrogen) atoms. The lowest BCUT2D eigenvalue weighted by atomic mass is 9.98. The Kier molecular flexibility index (Phi) is 3.53. The third kappa shape index (κ3) is 2.48. The highest BCUT2D eigenvalue weighted by Crippen LogP contribution is 2.25. The van der Waals surface area contributed by atoms with E-state index in [9.17, 15) is 0 Å². The number of benzene rings is 1. The first kappa shape index (κ1) is 11.1. The van der Waals surface area contributed by atoms with Gasteiger partial charge in [0.2, 0.25) is 0 Å². The van der Waals surface area contributed by atoms with E-state index in [1.165, 1.54) is 0 Å². The SMILES string of the molecule is CCOc1ccc(C(C)(C)OC)cc1. The maximum atomic E-state index is 5.38. The standard InChI is InChI=1S/C12H18O2/c1-5-14-11-8-6-10(7-9-11)12(2,3)13-4/h6-9H,5H2,1-4H3. The first-order chi connectivity index (χ1) is 6.60. The molecule has 2 heteroatoms. The summed E-state index contributed by atoms with van der Waals surface area (Å²) in [6.07, 6.45) is 0. The van der Waals surface area contributed by atoms with Gasteiger partial charge in [0.15, 0.2) is 0 Å². The summed E-state index contributed by atoms with van der Waals surface area (Å²) in [5.41, 5.74) is 0.925. The minimum absolute atomic E-state index is 0.231. The van der Waals surface area contributed by atoms with Crippen LogP contribution in [0, 0.1) is 0 Å². The smallest absolute Gasteiger partial charge is 0.119 e. The highest BCUT2D eigenvalue weighted by Gasteiger charge is 2.18. The van der Waals surface area contributed by atoms with Crippen LogP contribution in [0.4, 0.5) is 0 Å². The van der Waals surface area contributed by atoms with Gasteiger partial charge >= 0.3 is 0 Å². The van der Waals surface area contributed by atoms with E-state index in [1.807, 2.05) is 45.0 Å². The van der Waals surface area contributed by atoms with E-state index < -0.39 is 0 Å². The van der Waals surface area contributed by atoms with Gasteiger partial charge in [0.05, 0.1) is 12.2 Å². The van der Waals surface area contributed by atoms with Gasteiger partial charge in [0, 0.05) is 7.11 Å². The summed E-state index contributed by atoms with van der Waals surface area (Å²) in [5, 5.41) is 0. The summed E-state index contributed by atoms with van der Waals surface area (Å²) >= 11 is 0. The predicted molar refractivity (Wildman–Crippen MR) is 57.6 cm³/mol. The van der Waals surface area contributed by atoms with Gasteiger partial charge in [-0.05, 0) is 38.5 Å². The molecule has 0 amide bonds. The van der Waals surface area contributed by atoms with Crippen LogP contribution in [0.2, 0.25) is 0 Å². The highest BCUT2D eigenvalue weighted by atomic mass is 16.5. The van der Waals surface area contributed by atoms with Crippen molar-refractivity contribution in [1.82, 2.24) is 0 Å². The molecule has 78 valence electrons. The van der Waals surface area contributed by atoms with Crippen LogP contribution >= 0.6 is 0 Å². The van der Waals surface area contributed by atoms with Crippen molar-refractivity contribution in [2.24, 2.45) is 0 Å². The third-order valence-electron chi connectivity index (χ3n) is 2.37. The van der Waals surface area contributed by atoms with E-state index in [0.29, 0.717) is 6.61 Å². The summed E-state index contributed by atoms with van der Waals surface area (Å²) in [6.45, 7) is 6.77. The molecule has 0 unspecified atom stereocenters. The van der Waals surface area contributed by atoms with Crippen molar-refractivity contribution in [2.75, 3.05) is 13.7 Å². The minimum atomic E-state index is -0.231. The lowest BCUT2D eigenvalue weighted by Gasteiger charge is -2.23. The summed E-state index contributed by atoms with van der Waals surface area (Å²) in [5.74, 6) is 0.906. The van der Waals surface area contributed by atoms with Crippen LogP contribution in [-0.4, -0.2) is 13.7 Å². The van der Waals surface area contributed by atoms with E-state index in [4.69, 9.17) is 9.47 Å². The van der Waals surface area contributed by atoms with Crippen LogP contribution in [0.5, 0.6) is 5.75 Å². The van der Waals surface area contributed by atoms with Gasteiger partial charge in [-0.1, -0.05) is 12.1 Å². The monoisotopic (exact) mass is 194 g/mol. The zero-order valence-corrected chi connectivity index (χ0v) is 9.33. The molecular weight excluding hydrogens is 176 g/mol. The Labute approximate surface area is 85.8 Å². The van der Waals surface area contributed by atoms with Crippen molar-refractivity contribution in [1.29, 1.82) is 0 Å². The average Bonchev–Trinajstić information content (AvgIpc) is 2.19. The van der Waals surface area contributed by atoms with Crippen LogP contribution in [0.1, 0.15) is 26.3 Å².